The van der Waals surface area contributed by atoms with Crippen LogP contribution in [-0.4, -0.2) is 19.7 Å². The highest BCUT2D eigenvalue weighted by Crippen LogP contribution is 2.26. The molecule has 90 valence electrons. The fourth-order valence-electron chi connectivity index (χ4n) is 1.51. The molecule has 2 rings (SSSR count). The first kappa shape index (κ1) is 11.5. The number of hydrogen-bond acceptors (Lipinski definition) is 5. The molecule has 0 amide bonds. The maximum atomic E-state index is 5.66. The first-order chi connectivity index (χ1) is 8.11. The van der Waals surface area contributed by atoms with E-state index in [4.69, 9.17) is 10.5 Å². The summed E-state index contributed by atoms with van der Waals surface area (Å²) in [4.78, 5) is 8.25. The van der Waals surface area contributed by atoms with Crippen LogP contribution in [0.3, 0.4) is 0 Å². The van der Waals surface area contributed by atoms with Crippen molar-refractivity contribution in [2.75, 3.05) is 0 Å². The van der Waals surface area contributed by atoms with E-state index in [1.54, 1.807) is 17.1 Å². The van der Waals surface area contributed by atoms with Gasteiger partial charge in [-0.05, 0) is 13.8 Å². The van der Waals surface area contributed by atoms with Crippen LogP contribution in [0.15, 0.2) is 12.4 Å². The molecule has 0 radical (unpaired) electrons. The number of aromatic nitrogens is 4. The SMILES string of the molecule is Cc1nn(C)c(C)c1Oc1cnc(CN)cn1. The van der Waals surface area contributed by atoms with Gasteiger partial charge in [0, 0.05) is 13.6 Å². The lowest BCUT2D eigenvalue weighted by molar-refractivity contribution is 0.451. The van der Waals surface area contributed by atoms with Crippen LogP contribution < -0.4 is 10.5 Å². The van der Waals surface area contributed by atoms with E-state index in [9.17, 15) is 0 Å². The Hall–Kier alpha value is -1.95. The zero-order valence-electron chi connectivity index (χ0n) is 10.1. The predicted octanol–water partition coefficient (Wildman–Crippen LogP) is 1.08. The molecule has 6 heteroatoms. The van der Waals surface area contributed by atoms with Crippen LogP contribution in [0, 0.1) is 13.8 Å². The number of aryl methyl sites for hydroxylation is 2. The van der Waals surface area contributed by atoms with Gasteiger partial charge in [0.1, 0.15) is 5.69 Å². The van der Waals surface area contributed by atoms with Crippen molar-refractivity contribution in [3.8, 4) is 11.6 Å². The van der Waals surface area contributed by atoms with Gasteiger partial charge in [-0.15, -0.1) is 0 Å². The Bertz CT molecular complexity index is 517. The van der Waals surface area contributed by atoms with Gasteiger partial charge in [-0.3, -0.25) is 9.67 Å². The highest BCUT2D eigenvalue weighted by Gasteiger charge is 2.12. The summed E-state index contributed by atoms with van der Waals surface area (Å²) in [5.74, 6) is 1.17. The van der Waals surface area contributed by atoms with Gasteiger partial charge in [-0.1, -0.05) is 0 Å². The van der Waals surface area contributed by atoms with Crippen molar-refractivity contribution < 1.29 is 4.74 Å². The van der Waals surface area contributed by atoms with Crippen molar-refractivity contribution in [1.82, 2.24) is 19.7 Å². The van der Waals surface area contributed by atoms with Gasteiger partial charge in [-0.2, -0.15) is 5.10 Å². The van der Waals surface area contributed by atoms with Gasteiger partial charge in [0.15, 0.2) is 5.75 Å². The Labute approximate surface area is 99.4 Å². The molecule has 0 spiro atoms. The minimum Gasteiger partial charge on any atom is -0.434 e. The summed E-state index contributed by atoms with van der Waals surface area (Å²) in [6.45, 7) is 4.21. The molecule has 0 aromatic carbocycles. The molecule has 0 fully saturated rings. The molecule has 0 bridgehead atoms. The summed E-state index contributed by atoms with van der Waals surface area (Å²) < 4.78 is 7.43. The fraction of sp³-hybridized carbons (Fsp3) is 0.364. The van der Waals surface area contributed by atoms with Gasteiger partial charge in [0.05, 0.1) is 23.8 Å². The molecule has 0 unspecified atom stereocenters. The maximum absolute atomic E-state index is 5.66. The lowest BCUT2D eigenvalue weighted by Crippen LogP contribution is -2.01. The van der Waals surface area contributed by atoms with Gasteiger partial charge in [-0.25, -0.2) is 4.98 Å². The zero-order chi connectivity index (χ0) is 12.4. The minimum absolute atomic E-state index is 0.373. The monoisotopic (exact) mass is 233 g/mol. The molecule has 2 aromatic rings. The number of hydrogen-bond donors (Lipinski definition) is 1. The molecule has 0 aliphatic heterocycles. The number of rotatable bonds is 3. The third kappa shape index (κ3) is 2.26. The van der Waals surface area contributed by atoms with Crippen LogP contribution >= 0.6 is 0 Å². The van der Waals surface area contributed by atoms with Gasteiger partial charge in [0.2, 0.25) is 5.88 Å². The summed E-state index contributed by atoms with van der Waals surface area (Å²) in [5, 5.41) is 4.26. The second kappa shape index (κ2) is 4.50. The molecular weight excluding hydrogens is 218 g/mol. The van der Waals surface area contributed by atoms with Crippen molar-refractivity contribution >= 4 is 0 Å². The quantitative estimate of drug-likeness (QED) is 0.858. The molecular formula is C11H15N5O. The summed E-state index contributed by atoms with van der Waals surface area (Å²) in [6, 6.07) is 0. The highest BCUT2D eigenvalue weighted by molar-refractivity contribution is 5.34. The predicted molar refractivity (Wildman–Crippen MR) is 62.7 cm³/mol. The Kier molecular flexibility index (Phi) is 3.06. The molecule has 0 aliphatic carbocycles. The summed E-state index contributed by atoms with van der Waals surface area (Å²) >= 11 is 0. The Morgan fingerprint density at radius 2 is 2.06 bits per heavy atom. The molecule has 0 saturated heterocycles. The highest BCUT2D eigenvalue weighted by atomic mass is 16.5. The maximum Gasteiger partial charge on any atom is 0.238 e. The minimum atomic E-state index is 0.373. The van der Waals surface area contributed by atoms with E-state index in [-0.39, 0.29) is 0 Å². The van der Waals surface area contributed by atoms with Crippen LogP contribution in [-0.2, 0) is 13.6 Å². The fourth-order valence-corrected chi connectivity index (χ4v) is 1.51. The van der Waals surface area contributed by atoms with Crippen molar-refractivity contribution in [1.29, 1.82) is 0 Å². The Balaban J connectivity index is 2.25. The van der Waals surface area contributed by atoms with Crippen molar-refractivity contribution in [2.24, 2.45) is 12.8 Å². The van der Waals surface area contributed by atoms with Crippen molar-refractivity contribution in [3.05, 3.63) is 29.5 Å². The second-order valence-corrected chi connectivity index (χ2v) is 3.78. The molecule has 6 nitrogen and oxygen atoms in total. The van der Waals surface area contributed by atoms with E-state index in [2.05, 4.69) is 15.1 Å². The van der Waals surface area contributed by atoms with Crippen LogP contribution in [0.2, 0.25) is 0 Å². The topological polar surface area (TPSA) is 78.8 Å². The number of ether oxygens (including phenoxy) is 1. The largest absolute Gasteiger partial charge is 0.434 e. The molecule has 2 heterocycles. The Morgan fingerprint density at radius 3 is 2.53 bits per heavy atom. The summed E-state index contributed by atoms with van der Waals surface area (Å²) in [6.07, 6.45) is 3.17. The second-order valence-electron chi connectivity index (χ2n) is 3.78. The zero-order valence-corrected chi connectivity index (χ0v) is 10.1. The van der Waals surface area contributed by atoms with Crippen molar-refractivity contribution in [2.45, 2.75) is 20.4 Å². The van der Waals surface area contributed by atoms with Crippen LogP contribution in [0.4, 0.5) is 0 Å². The molecule has 0 saturated carbocycles. The summed E-state index contributed by atoms with van der Waals surface area (Å²) in [7, 11) is 1.87. The first-order valence-electron chi connectivity index (χ1n) is 5.31. The third-order valence-corrected chi connectivity index (χ3v) is 2.54. The van der Waals surface area contributed by atoms with Gasteiger partial charge >= 0.3 is 0 Å². The van der Waals surface area contributed by atoms with Gasteiger partial charge < -0.3 is 10.5 Å². The van der Waals surface area contributed by atoms with Crippen LogP contribution in [0.1, 0.15) is 17.1 Å². The molecule has 2 N–H and O–H groups in total. The van der Waals surface area contributed by atoms with E-state index in [0.717, 1.165) is 22.8 Å². The van der Waals surface area contributed by atoms with E-state index in [1.807, 2.05) is 20.9 Å². The van der Waals surface area contributed by atoms with Crippen molar-refractivity contribution in [3.63, 3.8) is 0 Å². The lowest BCUT2D eigenvalue weighted by Gasteiger charge is -2.04. The van der Waals surface area contributed by atoms with Crippen LogP contribution in [0.25, 0.3) is 0 Å². The van der Waals surface area contributed by atoms with E-state index in [1.165, 1.54) is 0 Å². The van der Waals surface area contributed by atoms with Gasteiger partial charge in [0.25, 0.3) is 0 Å². The van der Waals surface area contributed by atoms with E-state index < -0.39 is 0 Å². The average Bonchev–Trinajstić information content (AvgIpc) is 2.57. The summed E-state index contributed by atoms with van der Waals surface area (Å²) in [5.41, 5.74) is 7.96. The standard InChI is InChI=1S/C11H15N5O/c1-7-11(8(2)16(3)15-7)17-10-6-13-9(4-12)5-14-10/h5-6H,4,12H2,1-3H3. The van der Waals surface area contributed by atoms with E-state index >= 15 is 0 Å². The van der Waals surface area contributed by atoms with Crippen LogP contribution in [0.5, 0.6) is 11.6 Å². The molecule has 0 atom stereocenters. The lowest BCUT2D eigenvalue weighted by atomic mass is 10.3. The molecule has 2 aromatic heterocycles. The smallest absolute Gasteiger partial charge is 0.238 e. The Morgan fingerprint density at radius 1 is 1.29 bits per heavy atom. The molecule has 0 aliphatic rings. The third-order valence-electron chi connectivity index (χ3n) is 2.54. The molecule has 17 heavy (non-hydrogen) atoms. The number of nitrogens with two attached hydrogens (primary N) is 1. The first-order valence-corrected chi connectivity index (χ1v) is 5.31. The normalized spacial score (nSPS) is 10.6. The van der Waals surface area contributed by atoms with E-state index in [0.29, 0.717) is 12.4 Å². The number of nitrogens with zero attached hydrogens (tertiary/aromatic N) is 4. The average molecular weight is 233 g/mol.